The zero-order valence-corrected chi connectivity index (χ0v) is 16.2. The summed E-state index contributed by atoms with van der Waals surface area (Å²) in [5.74, 6) is -0.141. The van der Waals surface area contributed by atoms with E-state index in [4.69, 9.17) is 0 Å². The second kappa shape index (κ2) is 9.02. The van der Waals surface area contributed by atoms with Gasteiger partial charge in [0.05, 0.1) is 16.5 Å². The molecule has 2 N–H and O–H groups in total. The minimum Gasteiger partial charge on any atom is -0.340 e. The van der Waals surface area contributed by atoms with Gasteiger partial charge >= 0.3 is 12.2 Å². The van der Waals surface area contributed by atoms with Crippen molar-refractivity contribution in [3.8, 4) is 0 Å². The Balaban J connectivity index is 1.81. The molecule has 0 radical (unpaired) electrons. The number of anilines is 1. The Morgan fingerprint density at radius 1 is 1.19 bits per heavy atom. The van der Waals surface area contributed by atoms with E-state index in [9.17, 15) is 32.9 Å². The molecule has 0 spiro atoms. The fourth-order valence-electron chi connectivity index (χ4n) is 3.31. The molecule has 0 aliphatic carbocycles. The van der Waals surface area contributed by atoms with E-state index in [0.29, 0.717) is 19.4 Å². The highest BCUT2D eigenvalue weighted by atomic mass is 19.4. The van der Waals surface area contributed by atoms with Gasteiger partial charge in [0.1, 0.15) is 0 Å². The Hall–Kier alpha value is -3.63. The predicted octanol–water partition coefficient (Wildman–Crippen LogP) is 4.10. The third-order valence-electron chi connectivity index (χ3n) is 4.81. The number of carbonyl (C=O) groups excluding carboxylic acids is 2. The molecule has 1 unspecified atom stereocenters. The summed E-state index contributed by atoms with van der Waals surface area (Å²) in [4.78, 5) is 36.2. The van der Waals surface area contributed by atoms with Crippen molar-refractivity contribution in [2.24, 2.45) is 0 Å². The number of halogens is 3. The van der Waals surface area contributed by atoms with E-state index < -0.39 is 28.7 Å². The van der Waals surface area contributed by atoms with Crippen molar-refractivity contribution in [1.29, 1.82) is 0 Å². The molecule has 0 saturated carbocycles. The predicted molar refractivity (Wildman–Crippen MR) is 105 cm³/mol. The van der Waals surface area contributed by atoms with Gasteiger partial charge in [-0.05, 0) is 30.2 Å². The third kappa shape index (κ3) is 5.71. The molecule has 11 heteroatoms. The fraction of sp³-hybridized carbons (Fsp3) is 0.300. The summed E-state index contributed by atoms with van der Waals surface area (Å²) < 4.78 is 39.4. The molecule has 0 bridgehead atoms. The van der Waals surface area contributed by atoms with E-state index in [-0.39, 0.29) is 29.4 Å². The number of alkyl halides is 3. The number of rotatable bonds is 6. The van der Waals surface area contributed by atoms with Crippen LogP contribution in [0.2, 0.25) is 0 Å². The first-order chi connectivity index (χ1) is 14.6. The molecule has 1 aliphatic rings. The number of urea groups is 1. The van der Waals surface area contributed by atoms with Gasteiger partial charge < -0.3 is 15.5 Å². The van der Waals surface area contributed by atoms with Gasteiger partial charge in [-0.1, -0.05) is 18.2 Å². The second-order valence-electron chi connectivity index (χ2n) is 7.03. The Morgan fingerprint density at radius 2 is 1.94 bits per heavy atom. The van der Waals surface area contributed by atoms with E-state index in [1.165, 1.54) is 35.2 Å². The molecule has 1 aliphatic heterocycles. The molecular weight excluding hydrogens is 417 g/mol. The molecule has 1 fully saturated rings. The second-order valence-corrected chi connectivity index (χ2v) is 7.03. The van der Waals surface area contributed by atoms with Gasteiger partial charge in [0.25, 0.3) is 5.69 Å². The van der Waals surface area contributed by atoms with Gasteiger partial charge in [0, 0.05) is 37.3 Å². The molecule has 31 heavy (non-hydrogen) atoms. The highest BCUT2D eigenvalue weighted by Crippen LogP contribution is 2.31. The van der Waals surface area contributed by atoms with Crippen LogP contribution in [-0.4, -0.2) is 34.9 Å². The normalized spacial score (nSPS) is 14.9. The number of amides is 3. The van der Waals surface area contributed by atoms with Crippen molar-refractivity contribution < 1.29 is 27.7 Å². The molecule has 8 nitrogen and oxygen atoms in total. The van der Waals surface area contributed by atoms with Crippen molar-refractivity contribution in [2.45, 2.75) is 25.1 Å². The molecule has 2 aromatic rings. The number of carbonyl (C=O) groups is 2. The van der Waals surface area contributed by atoms with Crippen LogP contribution in [0.5, 0.6) is 0 Å². The molecule has 0 aromatic heterocycles. The quantitative estimate of drug-likeness (QED) is 0.525. The summed E-state index contributed by atoms with van der Waals surface area (Å²) in [6.45, 7) is 0.449. The largest absolute Gasteiger partial charge is 0.416 e. The average molecular weight is 436 g/mol. The first-order valence-corrected chi connectivity index (χ1v) is 9.40. The average Bonchev–Trinajstić information content (AvgIpc) is 3.11. The minimum absolute atomic E-state index is 0.00248. The van der Waals surface area contributed by atoms with Gasteiger partial charge in [-0.3, -0.25) is 14.9 Å². The van der Waals surface area contributed by atoms with Crippen molar-refractivity contribution >= 4 is 23.3 Å². The lowest BCUT2D eigenvalue weighted by Gasteiger charge is -2.26. The van der Waals surface area contributed by atoms with Crippen LogP contribution in [-0.2, 0) is 11.0 Å². The van der Waals surface area contributed by atoms with E-state index in [1.807, 2.05) is 0 Å². The molecule has 1 atom stereocenters. The maximum atomic E-state index is 13.1. The van der Waals surface area contributed by atoms with Crippen LogP contribution in [0.3, 0.4) is 0 Å². The van der Waals surface area contributed by atoms with Crippen LogP contribution < -0.4 is 10.6 Å². The number of hydrogen-bond acceptors (Lipinski definition) is 4. The number of benzene rings is 2. The number of likely N-dealkylation sites (tertiary alicyclic amines) is 1. The molecule has 3 amide bonds. The summed E-state index contributed by atoms with van der Waals surface area (Å²) in [6, 6.07) is 8.08. The van der Waals surface area contributed by atoms with Crippen LogP contribution >= 0.6 is 0 Å². The smallest absolute Gasteiger partial charge is 0.340 e. The summed E-state index contributed by atoms with van der Waals surface area (Å²) in [5, 5.41) is 15.9. The van der Waals surface area contributed by atoms with Gasteiger partial charge in [-0.25, -0.2) is 4.79 Å². The highest BCUT2D eigenvalue weighted by molar-refractivity contribution is 5.90. The molecule has 1 heterocycles. The monoisotopic (exact) mass is 436 g/mol. The number of hydrogen-bond donors (Lipinski definition) is 2. The maximum absolute atomic E-state index is 13.1. The van der Waals surface area contributed by atoms with Gasteiger partial charge in [0.15, 0.2) is 0 Å². The molecular formula is C20H19F3N4O4. The van der Waals surface area contributed by atoms with Crippen molar-refractivity contribution in [2.75, 3.05) is 18.4 Å². The van der Waals surface area contributed by atoms with E-state index >= 15 is 0 Å². The molecule has 1 saturated heterocycles. The summed E-state index contributed by atoms with van der Waals surface area (Å²) >= 11 is 0. The van der Waals surface area contributed by atoms with E-state index in [0.717, 1.165) is 18.2 Å². The van der Waals surface area contributed by atoms with E-state index in [1.54, 1.807) is 0 Å². The number of nitro benzene ring substituents is 1. The Kier molecular flexibility index (Phi) is 6.42. The lowest BCUT2D eigenvalue weighted by molar-refractivity contribution is -0.384. The summed E-state index contributed by atoms with van der Waals surface area (Å²) in [7, 11) is 0. The van der Waals surface area contributed by atoms with Crippen molar-refractivity contribution in [3.05, 3.63) is 69.8 Å². The minimum atomic E-state index is -4.56. The van der Waals surface area contributed by atoms with E-state index in [2.05, 4.69) is 10.6 Å². The van der Waals surface area contributed by atoms with Gasteiger partial charge in [-0.15, -0.1) is 0 Å². The molecule has 2 aromatic carbocycles. The first kappa shape index (κ1) is 22.1. The number of nitrogens with zero attached hydrogens (tertiary/aromatic N) is 2. The molecule has 164 valence electrons. The lowest BCUT2D eigenvalue weighted by atomic mass is 10.0. The third-order valence-corrected chi connectivity index (χ3v) is 4.81. The van der Waals surface area contributed by atoms with Crippen LogP contribution in [0.25, 0.3) is 0 Å². The van der Waals surface area contributed by atoms with Crippen LogP contribution in [0.1, 0.15) is 30.0 Å². The Morgan fingerprint density at radius 3 is 2.58 bits per heavy atom. The number of nitro groups is 1. The zero-order valence-electron chi connectivity index (χ0n) is 16.2. The van der Waals surface area contributed by atoms with Crippen LogP contribution in [0.4, 0.5) is 29.3 Å². The zero-order chi connectivity index (χ0) is 22.6. The maximum Gasteiger partial charge on any atom is 0.416 e. The van der Waals surface area contributed by atoms with Crippen LogP contribution in [0, 0.1) is 10.1 Å². The topological polar surface area (TPSA) is 105 Å². The standard InChI is InChI=1S/C20H19F3N4O4/c21-20(22,23)14-5-1-4-13(10-14)17(12-26-9-3-8-18(26)28)25-19(29)24-15-6-2-7-16(11-15)27(30)31/h1-2,4-7,10-11,17H,3,8-9,12H2,(H2,24,25,29). The first-order valence-electron chi connectivity index (χ1n) is 9.40. The Labute approximate surface area is 175 Å². The van der Waals surface area contributed by atoms with Gasteiger partial charge in [-0.2, -0.15) is 13.2 Å². The lowest BCUT2D eigenvalue weighted by Crippen LogP contribution is -2.40. The number of nitrogens with one attached hydrogen (secondary N) is 2. The SMILES string of the molecule is O=C(Nc1cccc([N+](=O)[O-])c1)NC(CN1CCCC1=O)c1cccc(C(F)(F)F)c1. The van der Waals surface area contributed by atoms with Gasteiger partial charge in [0.2, 0.25) is 5.91 Å². The van der Waals surface area contributed by atoms with Crippen molar-refractivity contribution in [3.63, 3.8) is 0 Å². The number of non-ortho nitro benzene ring substituents is 1. The summed E-state index contributed by atoms with van der Waals surface area (Å²) in [6.07, 6.45) is -3.58. The van der Waals surface area contributed by atoms with Crippen molar-refractivity contribution in [1.82, 2.24) is 10.2 Å². The summed E-state index contributed by atoms with van der Waals surface area (Å²) in [5.41, 5.74) is -0.769. The van der Waals surface area contributed by atoms with Crippen LogP contribution in [0.15, 0.2) is 48.5 Å². The Bertz CT molecular complexity index is 996. The fourth-order valence-corrected chi connectivity index (χ4v) is 3.31. The highest BCUT2D eigenvalue weighted by Gasteiger charge is 2.32. The molecule has 3 rings (SSSR count).